The summed E-state index contributed by atoms with van der Waals surface area (Å²) in [5.74, 6) is 0.646. The summed E-state index contributed by atoms with van der Waals surface area (Å²) < 4.78 is 0. The highest BCUT2D eigenvalue weighted by molar-refractivity contribution is 4.76. The Bertz CT molecular complexity index is 125. The van der Waals surface area contributed by atoms with Gasteiger partial charge in [0, 0.05) is 6.42 Å². The molecule has 0 aromatic carbocycles. The van der Waals surface area contributed by atoms with Crippen LogP contribution in [0, 0.1) is 22.7 Å². The summed E-state index contributed by atoms with van der Waals surface area (Å²) in [7, 11) is 0. The fourth-order valence-electron chi connectivity index (χ4n) is 0.714. The van der Waals surface area contributed by atoms with Crippen LogP contribution in [-0.4, -0.2) is 0 Å². The van der Waals surface area contributed by atoms with Crippen molar-refractivity contribution >= 4 is 0 Å². The molecule has 0 aliphatic carbocycles. The fraction of sp³-hybridized carbons (Fsp3) is 0.889. The largest absolute Gasteiger partial charge is 0.198 e. The standard InChI is InChI=1S/C9H17N/c1-8(6-5-7-10)9(2,3)4/h8H,5-6H2,1-4H3. The maximum absolute atomic E-state index is 8.33. The van der Waals surface area contributed by atoms with E-state index in [0.717, 1.165) is 6.42 Å². The molecule has 1 heteroatoms. The van der Waals surface area contributed by atoms with Crippen LogP contribution in [0.3, 0.4) is 0 Å². The molecule has 0 N–H and O–H groups in total. The summed E-state index contributed by atoms with van der Waals surface area (Å²) in [5, 5.41) is 8.33. The van der Waals surface area contributed by atoms with Crippen LogP contribution < -0.4 is 0 Å². The van der Waals surface area contributed by atoms with E-state index < -0.39 is 0 Å². The van der Waals surface area contributed by atoms with Gasteiger partial charge in [0.15, 0.2) is 0 Å². The maximum atomic E-state index is 8.33. The molecule has 0 rings (SSSR count). The third kappa shape index (κ3) is 3.50. The van der Waals surface area contributed by atoms with E-state index in [1.54, 1.807) is 0 Å². The van der Waals surface area contributed by atoms with Gasteiger partial charge >= 0.3 is 0 Å². The number of hydrogen-bond acceptors (Lipinski definition) is 1. The van der Waals surface area contributed by atoms with Crippen LogP contribution in [0.4, 0.5) is 0 Å². The van der Waals surface area contributed by atoms with Crippen LogP contribution in [0.5, 0.6) is 0 Å². The molecule has 1 nitrogen and oxygen atoms in total. The monoisotopic (exact) mass is 139 g/mol. The van der Waals surface area contributed by atoms with Crippen LogP contribution in [0.25, 0.3) is 0 Å². The van der Waals surface area contributed by atoms with Gasteiger partial charge in [-0.3, -0.25) is 0 Å². The van der Waals surface area contributed by atoms with Gasteiger partial charge in [-0.15, -0.1) is 0 Å². The van der Waals surface area contributed by atoms with E-state index in [4.69, 9.17) is 5.26 Å². The molecule has 0 bridgehead atoms. The van der Waals surface area contributed by atoms with Gasteiger partial charge in [0.2, 0.25) is 0 Å². The van der Waals surface area contributed by atoms with Gasteiger partial charge in [-0.25, -0.2) is 0 Å². The molecule has 0 heterocycles. The van der Waals surface area contributed by atoms with Crippen molar-refractivity contribution in [2.24, 2.45) is 11.3 Å². The number of hydrogen-bond donors (Lipinski definition) is 0. The molecule has 1 unspecified atom stereocenters. The van der Waals surface area contributed by atoms with Crippen LogP contribution in [0.2, 0.25) is 0 Å². The molecule has 0 fully saturated rings. The first-order valence-corrected chi connectivity index (χ1v) is 3.85. The van der Waals surface area contributed by atoms with Crippen molar-refractivity contribution in [2.75, 3.05) is 0 Å². The first kappa shape index (κ1) is 9.49. The van der Waals surface area contributed by atoms with E-state index in [-0.39, 0.29) is 0 Å². The third-order valence-corrected chi connectivity index (χ3v) is 2.17. The highest BCUT2D eigenvalue weighted by Gasteiger charge is 2.18. The van der Waals surface area contributed by atoms with Gasteiger partial charge in [0.1, 0.15) is 0 Å². The zero-order valence-electron chi connectivity index (χ0n) is 7.44. The summed E-state index contributed by atoms with van der Waals surface area (Å²) in [6.07, 6.45) is 1.72. The molecule has 0 saturated carbocycles. The minimum absolute atomic E-state index is 0.358. The average Bonchev–Trinajstić information content (AvgIpc) is 1.80. The van der Waals surface area contributed by atoms with Gasteiger partial charge in [-0.1, -0.05) is 27.7 Å². The predicted octanol–water partition coefficient (Wildman–Crippen LogP) is 2.97. The Labute approximate surface area is 64.1 Å². The molecule has 0 radical (unpaired) electrons. The molecule has 0 aromatic heterocycles. The molecular weight excluding hydrogens is 122 g/mol. The van der Waals surface area contributed by atoms with Crippen molar-refractivity contribution in [3.63, 3.8) is 0 Å². The lowest BCUT2D eigenvalue weighted by Gasteiger charge is -2.26. The van der Waals surface area contributed by atoms with Crippen molar-refractivity contribution in [1.82, 2.24) is 0 Å². The van der Waals surface area contributed by atoms with Crippen LogP contribution in [0.1, 0.15) is 40.5 Å². The Morgan fingerprint density at radius 1 is 1.40 bits per heavy atom. The fourth-order valence-corrected chi connectivity index (χ4v) is 0.714. The van der Waals surface area contributed by atoms with Crippen molar-refractivity contribution in [3.05, 3.63) is 0 Å². The van der Waals surface area contributed by atoms with E-state index in [1.165, 1.54) is 0 Å². The van der Waals surface area contributed by atoms with Gasteiger partial charge < -0.3 is 0 Å². The van der Waals surface area contributed by atoms with Gasteiger partial charge in [-0.2, -0.15) is 5.26 Å². The van der Waals surface area contributed by atoms with Crippen LogP contribution in [-0.2, 0) is 0 Å². The first-order chi connectivity index (χ1) is 4.48. The quantitative estimate of drug-likeness (QED) is 0.577. The van der Waals surface area contributed by atoms with Gasteiger partial charge in [-0.05, 0) is 17.8 Å². The smallest absolute Gasteiger partial charge is 0.0621 e. The highest BCUT2D eigenvalue weighted by Crippen LogP contribution is 2.28. The molecule has 0 aromatic rings. The Kier molecular flexibility index (Phi) is 3.42. The summed E-state index contributed by atoms with van der Waals surface area (Å²) in [6.45, 7) is 8.86. The molecule has 0 aliphatic heterocycles. The van der Waals surface area contributed by atoms with E-state index in [0.29, 0.717) is 17.8 Å². The molecule has 1 atom stereocenters. The predicted molar refractivity (Wildman–Crippen MR) is 43.5 cm³/mol. The van der Waals surface area contributed by atoms with E-state index >= 15 is 0 Å². The lowest BCUT2D eigenvalue weighted by atomic mass is 9.80. The Hall–Kier alpha value is -0.510. The van der Waals surface area contributed by atoms with Crippen molar-refractivity contribution < 1.29 is 0 Å². The molecule has 0 amide bonds. The number of nitrogens with zero attached hydrogens (tertiary/aromatic N) is 1. The molecule has 0 aliphatic rings. The van der Waals surface area contributed by atoms with Crippen molar-refractivity contribution in [3.8, 4) is 6.07 Å². The summed E-state index contributed by atoms with van der Waals surface area (Å²) in [6, 6.07) is 2.17. The average molecular weight is 139 g/mol. The Balaban J connectivity index is 3.65. The zero-order valence-corrected chi connectivity index (χ0v) is 7.44. The molecule has 10 heavy (non-hydrogen) atoms. The second kappa shape index (κ2) is 3.61. The molecule has 0 spiro atoms. The molecular formula is C9H17N. The lowest BCUT2D eigenvalue weighted by Crippen LogP contribution is -2.16. The SMILES string of the molecule is CC(CCC#N)C(C)(C)C. The second-order valence-electron chi connectivity index (χ2n) is 3.96. The number of rotatable bonds is 2. The molecule has 58 valence electrons. The van der Waals surface area contributed by atoms with E-state index in [2.05, 4.69) is 33.8 Å². The number of nitriles is 1. The first-order valence-electron chi connectivity index (χ1n) is 3.85. The minimum atomic E-state index is 0.358. The highest BCUT2D eigenvalue weighted by atomic mass is 14.3. The van der Waals surface area contributed by atoms with Crippen LogP contribution >= 0.6 is 0 Å². The van der Waals surface area contributed by atoms with E-state index in [9.17, 15) is 0 Å². The summed E-state index contributed by atoms with van der Waals surface area (Å²) in [4.78, 5) is 0. The lowest BCUT2D eigenvalue weighted by molar-refractivity contribution is 0.249. The Morgan fingerprint density at radius 2 is 1.90 bits per heavy atom. The summed E-state index contributed by atoms with van der Waals surface area (Å²) in [5.41, 5.74) is 0.358. The van der Waals surface area contributed by atoms with Gasteiger partial charge in [0.25, 0.3) is 0 Å². The van der Waals surface area contributed by atoms with Gasteiger partial charge in [0.05, 0.1) is 6.07 Å². The third-order valence-electron chi connectivity index (χ3n) is 2.17. The topological polar surface area (TPSA) is 23.8 Å². The summed E-state index contributed by atoms with van der Waals surface area (Å²) >= 11 is 0. The van der Waals surface area contributed by atoms with E-state index in [1.807, 2.05) is 0 Å². The second-order valence-corrected chi connectivity index (χ2v) is 3.96. The van der Waals surface area contributed by atoms with Crippen molar-refractivity contribution in [1.29, 1.82) is 5.26 Å². The van der Waals surface area contributed by atoms with Crippen molar-refractivity contribution in [2.45, 2.75) is 40.5 Å². The zero-order chi connectivity index (χ0) is 8.20. The van der Waals surface area contributed by atoms with Crippen LogP contribution in [0.15, 0.2) is 0 Å². The maximum Gasteiger partial charge on any atom is 0.0621 e. The minimum Gasteiger partial charge on any atom is -0.198 e. The Morgan fingerprint density at radius 3 is 2.20 bits per heavy atom. The molecule has 0 saturated heterocycles. The normalized spacial score (nSPS) is 14.3.